The van der Waals surface area contributed by atoms with E-state index in [9.17, 15) is 22.8 Å². The summed E-state index contributed by atoms with van der Waals surface area (Å²) in [6.45, 7) is 0.316. The molecule has 0 saturated heterocycles. The summed E-state index contributed by atoms with van der Waals surface area (Å²) in [5.74, 6) is -0.927. The van der Waals surface area contributed by atoms with Crippen LogP contribution in [0.3, 0.4) is 0 Å². The van der Waals surface area contributed by atoms with Gasteiger partial charge in [-0.3, -0.25) is 9.59 Å². The number of nitrogens with one attached hydrogen (secondary N) is 1. The topological polar surface area (TPSA) is 109 Å². The van der Waals surface area contributed by atoms with E-state index in [0.717, 1.165) is 11.1 Å². The van der Waals surface area contributed by atoms with Crippen LogP contribution in [0.1, 0.15) is 27.9 Å². The lowest BCUT2D eigenvalue weighted by molar-refractivity contribution is -0.136. The first-order valence-electron chi connectivity index (χ1n) is 13.1. The lowest BCUT2D eigenvalue weighted by Gasteiger charge is -2.23. The zero-order valence-electron chi connectivity index (χ0n) is 22.5. The van der Waals surface area contributed by atoms with Gasteiger partial charge in [-0.2, -0.15) is 13.2 Å². The van der Waals surface area contributed by atoms with Gasteiger partial charge in [0.25, 0.3) is 5.91 Å². The van der Waals surface area contributed by atoms with Crippen LogP contribution in [0.2, 0.25) is 0 Å². The number of carbonyl (C=O) groups is 2. The number of aromatic nitrogens is 2. The van der Waals surface area contributed by atoms with E-state index in [-0.39, 0.29) is 18.5 Å². The minimum Gasteiger partial charge on any atom is -0.481 e. The predicted octanol–water partition coefficient (Wildman–Crippen LogP) is 7.11. The number of anilines is 2. The normalized spacial score (nSPS) is 11.3. The zero-order valence-corrected chi connectivity index (χ0v) is 23.4. The summed E-state index contributed by atoms with van der Waals surface area (Å²) in [5.41, 5.74) is 4.07. The van der Waals surface area contributed by atoms with Crippen molar-refractivity contribution >= 4 is 34.0 Å². The summed E-state index contributed by atoms with van der Waals surface area (Å²) in [6.07, 6.45) is -5.53. The van der Waals surface area contributed by atoms with E-state index < -0.39 is 24.5 Å². The number of carbonyl (C=O) groups excluding carboxylic acids is 1. The molecule has 5 rings (SSSR count). The van der Waals surface area contributed by atoms with Crippen LogP contribution in [0.25, 0.3) is 22.7 Å². The van der Waals surface area contributed by atoms with Gasteiger partial charge in [0.15, 0.2) is 10.9 Å². The van der Waals surface area contributed by atoms with Gasteiger partial charge in [-0.25, -0.2) is 4.98 Å². The maximum Gasteiger partial charge on any atom is 0.393 e. The number of hydrogen-bond acceptors (Lipinski definition) is 7. The Morgan fingerprint density at radius 2 is 1.63 bits per heavy atom. The Balaban J connectivity index is 1.39. The van der Waals surface area contributed by atoms with Crippen molar-refractivity contribution in [3.05, 3.63) is 107 Å². The van der Waals surface area contributed by atoms with Crippen LogP contribution < -0.4 is 10.2 Å². The van der Waals surface area contributed by atoms with Crippen molar-refractivity contribution in [3.8, 4) is 22.7 Å². The van der Waals surface area contributed by atoms with Crippen molar-refractivity contribution in [1.82, 2.24) is 15.5 Å². The van der Waals surface area contributed by atoms with Gasteiger partial charge in [0, 0.05) is 34.8 Å². The number of amides is 1. The molecule has 0 atom stereocenters. The number of rotatable bonds is 11. The fourth-order valence-electron chi connectivity index (χ4n) is 4.27. The number of carboxylic acids is 1. The molecule has 12 heteroatoms. The second-order valence-corrected chi connectivity index (χ2v) is 10.4. The number of aliphatic carboxylic acids is 1. The molecule has 0 bridgehead atoms. The lowest BCUT2D eigenvalue weighted by atomic mass is 10.1. The molecular weight excluding hydrogens is 581 g/mol. The van der Waals surface area contributed by atoms with E-state index in [4.69, 9.17) is 14.6 Å². The Morgan fingerprint density at radius 1 is 0.930 bits per heavy atom. The largest absolute Gasteiger partial charge is 0.481 e. The minimum absolute atomic E-state index is 0.0123. The third-order valence-electron chi connectivity index (χ3n) is 6.39. The zero-order chi connectivity index (χ0) is 30.4. The van der Waals surface area contributed by atoms with Gasteiger partial charge >= 0.3 is 12.1 Å². The first-order chi connectivity index (χ1) is 20.6. The average Bonchev–Trinajstić information content (AvgIpc) is 3.67. The van der Waals surface area contributed by atoms with Gasteiger partial charge < -0.3 is 19.8 Å². The van der Waals surface area contributed by atoms with Crippen molar-refractivity contribution in [2.45, 2.75) is 25.6 Å². The fourth-order valence-corrected chi connectivity index (χ4v) is 5.10. The maximum absolute atomic E-state index is 12.9. The maximum atomic E-state index is 12.9. The second kappa shape index (κ2) is 12.9. The molecule has 3 aromatic carbocycles. The van der Waals surface area contributed by atoms with Crippen LogP contribution >= 0.6 is 11.3 Å². The molecule has 0 saturated carbocycles. The first kappa shape index (κ1) is 29.5. The SMILES string of the molecule is O=C(O)CCNC(=O)c1ccc(CN(c2ccc(CC(F)(F)F)cc2)c2nc(-c3cc(-c4ccccc4)no3)cs2)cc1. The van der Waals surface area contributed by atoms with Gasteiger partial charge in [0.05, 0.1) is 19.4 Å². The smallest absolute Gasteiger partial charge is 0.393 e. The van der Waals surface area contributed by atoms with Gasteiger partial charge in [0.1, 0.15) is 11.4 Å². The van der Waals surface area contributed by atoms with Crippen LogP contribution in [-0.4, -0.2) is 39.8 Å². The Hall–Kier alpha value is -4.97. The van der Waals surface area contributed by atoms with Gasteiger partial charge in [-0.15, -0.1) is 11.3 Å². The van der Waals surface area contributed by atoms with Gasteiger partial charge in [-0.05, 0) is 35.4 Å². The summed E-state index contributed by atoms with van der Waals surface area (Å²) in [6, 6.07) is 24.2. The Kier molecular flexibility index (Phi) is 8.86. The van der Waals surface area contributed by atoms with Crippen molar-refractivity contribution in [2.24, 2.45) is 0 Å². The monoisotopic (exact) mass is 606 g/mol. The van der Waals surface area contributed by atoms with Crippen molar-refractivity contribution in [1.29, 1.82) is 0 Å². The minimum atomic E-state index is -4.32. The summed E-state index contributed by atoms with van der Waals surface area (Å²) in [5, 5.41) is 17.9. The fraction of sp³-hybridized carbons (Fsp3) is 0.161. The van der Waals surface area contributed by atoms with E-state index in [1.54, 1.807) is 42.5 Å². The molecule has 0 aliphatic rings. The Labute approximate surface area is 248 Å². The third kappa shape index (κ3) is 7.86. The number of halogens is 3. The second-order valence-electron chi connectivity index (χ2n) is 9.60. The summed E-state index contributed by atoms with van der Waals surface area (Å²) in [4.78, 5) is 29.7. The van der Waals surface area contributed by atoms with Crippen LogP contribution in [0.5, 0.6) is 0 Å². The number of hydrogen-bond donors (Lipinski definition) is 2. The molecule has 43 heavy (non-hydrogen) atoms. The molecule has 1 amide bonds. The van der Waals surface area contributed by atoms with Crippen LogP contribution in [0, 0.1) is 0 Å². The average molecular weight is 607 g/mol. The summed E-state index contributed by atoms with van der Waals surface area (Å²) in [7, 11) is 0. The number of benzene rings is 3. The third-order valence-corrected chi connectivity index (χ3v) is 7.25. The molecule has 0 unspecified atom stereocenters. The van der Waals surface area contributed by atoms with E-state index >= 15 is 0 Å². The molecule has 2 aromatic heterocycles. The summed E-state index contributed by atoms with van der Waals surface area (Å²) >= 11 is 1.34. The highest BCUT2D eigenvalue weighted by Gasteiger charge is 2.27. The highest BCUT2D eigenvalue weighted by atomic mass is 32.1. The molecule has 2 heterocycles. The van der Waals surface area contributed by atoms with Gasteiger partial charge in [0.2, 0.25) is 0 Å². The molecule has 5 aromatic rings. The van der Waals surface area contributed by atoms with Crippen LogP contribution in [0.4, 0.5) is 24.0 Å². The van der Waals surface area contributed by atoms with E-state index in [0.29, 0.717) is 40.1 Å². The molecule has 0 aliphatic heterocycles. The molecule has 8 nitrogen and oxygen atoms in total. The number of carboxylic acid groups (broad SMARTS) is 1. The van der Waals surface area contributed by atoms with E-state index in [1.165, 1.54) is 23.5 Å². The first-order valence-corrected chi connectivity index (χ1v) is 14.0. The molecule has 0 aliphatic carbocycles. The Bertz CT molecular complexity index is 1680. The highest BCUT2D eigenvalue weighted by Crippen LogP contribution is 2.35. The van der Waals surface area contributed by atoms with E-state index in [2.05, 4.69) is 10.5 Å². The van der Waals surface area contributed by atoms with Crippen molar-refractivity contribution in [2.75, 3.05) is 11.4 Å². The van der Waals surface area contributed by atoms with Crippen molar-refractivity contribution in [3.63, 3.8) is 0 Å². The molecule has 2 N–H and O–H groups in total. The quantitative estimate of drug-likeness (QED) is 0.165. The molecule has 0 fully saturated rings. The molecule has 220 valence electrons. The number of thiazole rings is 1. The molecule has 0 spiro atoms. The van der Waals surface area contributed by atoms with Crippen LogP contribution in [0.15, 0.2) is 94.8 Å². The van der Waals surface area contributed by atoms with E-state index in [1.807, 2.05) is 40.6 Å². The standard InChI is InChI=1S/C31H25F3N4O4S/c32-31(33,34)17-20-8-12-24(13-9-20)38(18-21-6-10-23(11-7-21)29(41)35-15-14-28(39)40)30-36-26(19-43-30)27-16-25(37-42-27)22-4-2-1-3-5-22/h1-13,16,19H,14-15,17-18H2,(H,35,41)(H,39,40). The number of nitrogens with zero attached hydrogens (tertiary/aromatic N) is 3. The van der Waals surface area contributed by atoms with Crippen molar-refractivity contribution < 1.29 is 32.4 Å². The van der Waals surface area contributed by atoms with Crippen LogP contribution in [-0.2, 0) is 17.8 Å². The molecule has 0 radical (unpaired) electrons. The highest BCUT2D eigenvalue weighted by molar-refractivity contribution is 7.14. The Morgan fingerprint density at radius 3 is 2.30 bits per heavy atom. The van der Waals surface area contributed by atoms with Gasteiger partial charge in [-0.1, -0.05) is 59.8 Å². The lowest BCUT2D eigenvalue weighted by Crippen LogP contribution is -2.26. The number of alkyl halides is 3. The predicted molar refractivity (Wildman–Crippen MR) is 156 cm³/mol. The summed E-state index contributed by atoms with van der Waals surface area (Å²) < 4.78 is 44.4. The molecular formula is C31H25F3N4O4S.